The third kappa shape index (κ3) is 70.3. The van der Waals surface area contributed by atoms with E-state index >= 15 is 0 Å². The van der Waals surface area contributed by atoms with Crippen LogP contribution >= 0.6 is 15.6 Å². The van der Waals surface area contributed by atoms with E-state index in [4.69, 9.17) is 37.0 Å². The third-order valence-corrected chi connectivity index (χ3v) is 19.6. The normalized spacial score (nSPS) is 14.0. The van der Waals surface area contributed by atoms with E-state index in [0.29, 0.717) is 31.6 Å². The van der Waals surface area contributed by atoms with Crippen molar-refractivity contribution in [1.29, 1.82) is 0 Å². The van der Waals surface area contributed by atoms with Gasteiger partial charge in [-0.25, -0.2) is 9.13 Å². The first-order valence-corrected chi connectivity index (χ1v) is 42.5. The van der Waals surface area contributed by atoms with Gasteiger partial charge in [-0.05, 0) is 37.5 Å². The Hall–Kier alpha value is -1.94. The average molecular weight is 1400 g/mol. The van der Waals surface area contributed by atoms with Crippen LogP contribution in [-0.4, -0.2) is 96.7 Å². The molecule has 2 unspecified atom stereocenters. The van der Waals surface area contributed by atoms with Gasteiger partial charge >= 0.3 is 39.5 Å². The number of rotatable bonds is 75. The van der Waals surface area contributed by atoms with E-state index in [-0.39, 0.29) is 25.7 Å². The number of carbonyl (C=O) groups is 4. The van der Waals surface area contributed by atoms with E-state index in [2.05, 4.69) is 41.5 Å². The van der Waals surface area contributed by atoms with Gasteiger partial charge in [0.2, 0.25) is 0 Å². The highest BCUT2D eigenvalue weighted by atomic mass is 31.2. The molecule has 0 aromatic carbocycles. The maximum atomic E-state index is 13.1. The molecule has 5 atom stereocenters. The summed E-state index contributed by atoms with van der Waals surface area (Å²) in [5, 5.41) is 10.6. The Morgan fingerprint density at radius 1 is 0.284 bits per heavy atom. The number of hydrogen-bond donors (Lipinski definition) is 3. The van der Waals surface area contributed by atoms with E-state index in [1.165, 1.54) is 205 Å². The Kier molecular flexibility index (Phi) is 66.5. The van der Waals surface area contributed by atoms with Crippen LogP contribution in [0.3, 0.4) is 0 Å². The molecule has 19 heteroatoms. The molecule has 3 N–H and O–H groups in total. The van der Waals surface area contributed by atoms with Gasteiger partial charge in [0.15, 0.2) is 12.2 Å². The number of phosphoric acid groups is 2. The Balaban J connectivity index is 5.10. The molecule has 0 rings (SSSR count). The summed E-state index contributed by atoms with van der Waals surface area (Å²) in [6.45, 7) is 9.46. The predicted octanol–water partition coefficient (Wildman–Crippen LogP) is 22.3. The summed E-state index contributed by atoms with van der Waals surface area (Å²) in [5.74, 6) is -0.629. The minimum Gasteiger partial charge on any atom is -0.462 e. The van der Waals surface area contributed by atoms with Gasteiger partial charge in [-0.2, -0.15) is 0 Å². The van der Waals surface area contributed by atoms with E-state index in [1.807, 2.05) is 0 Å². The lowest BCUT2D eigenvalue weighted by atomic mass is 10.0. The summed E-state index contributed by atoms with van der Waals surface area (Å²) >= 11 is 0. The SMILES string of the molecule is CCCCCCCCCCCCCCCCCCCCCCCCC(=O)O[C@H](COC(=O)CCCCCCCCCCCCCCCCCC(C)C)COP(=O)(O)OC[C@@H](O)COP(=O)(O)OC[C@@H](COC(=O)CCCCCCC)OC(=O)CCCCCCCCCC(C)C. The predicted molar refractivity (Wildman–Crippen MR) is 386 cm³/mol. The van der Waals surface area contributed by atoms with E-state index in [0.717, 1.165) is 102 Å². The summed E-state index contributed by atoms with van der Waals surface area (Å²) in [4.78, 5) is 72.4. The van der Waals surface area contributed by atoms with Crippen molar-refractivity contribution in [2.45, 2.75) is 413 Å². The summed E-state index contributed by atoms with van der Waals surface area (Å²) in [6, 6.07) is 0. The van der Waals surface area contributed by atoms with Crippen molar-refractivity contribution in [2.75, 3.05) is 39.6 Å². The number of hydrogen-bond acceptors (Lipinski definition) is 15. The molecular weight excluding hydrogens is 1250 g/mol. The van der Waals surface area contributed by atoms with Crippen LogP contribution in [0.15, 0.2) is 0 Å². The molecule has 0 amide bonds. The van der Waals surface area contributed by atoms with Crippen molar-refractivity contribution in [3.05, 3.63) is 0 Å². The largest absolute Gasteiger partial charge is 0.472 e. The molecule has 0 radical (unpaired) electrons. The zero-order valence-corrected chi connectivity index (χ0v) is 63.8. The molecule has 0 aliphatic rings. The van der Waals surface area contributed by atoms with Crippen molar-refractivity contribution in [3.63, 3.8) is 0 Å². The van der Waals surface area contributed by atoms with Crippen molar-refractivity contribution in [1.82, 2.24) is 0 Å². The lowest BCUT2D eigenvalue weighted by Gasteiger charge is -2.21. The number of unbranched alkanes of at least 4 members (excludes halogenated alkanes) is 45. The lowest BCUT2D eigenvalue weighted by molar-refractivity contribution is -0.161. The molecule has 0 aromatic rings. The molecule has 95 heavy (non-hydrogen) atoms. The smallest absolute Gasteiger partial charge is 0.462 e. The summed E-state index contributed by atoms with van der Waals surface area (Å²) in [6.07, 6.45) is 56.3. The van der Waals surface area contributed by atoms with Crippen LogP contribution in [0.4, 0.5) is 0 Å². The second-order valence-corrected chi connectivity index (χ2v) is 31.3. The molecule has 0 aromatic heterocycles. The standard InChI is InChI=1S/C76H148O17P2/c1-7-9-11-13-14-15-16-17-18-19-20-21-22-23-24-27-31-34-37-42-48-54-60-75(80)93-72(65-87-74(79)59-53-47-41-36-33-30-28-25-26-29-32-35-39-45-50-56-68(3)4)67-91-95(84,85)89-63-70(77)62-88-94(82,83)90-66-71(64-86-73(78)58-52-44-12-10-8-2)92-76(81)61-55-49-43-38-40-46-51-57-69(5)6/h68-72,77H,7-67H2,1-6H3,(H,82,83)(H,84,85)/t70-,71+,72+/m0/s1. The molecule has 564 valence electrons. The van der Waals surface area contributed by atoms with E-state index in [9.17, 15) is 43.2 Å². The fourth-order valence-electron chi connectivity index (χ4n) is 11.7. The van der Waals surface area contributed by atoms with Gasteiger partial charge in [-0.3, -0.25) is 37.3 Å². The molecule has 0 saturated carbocycles. The van der Waals surface area contributed by atoms with Crippen LogP contribution in [0.25, 0.3) is 0 Å². The monoisotopic (exact) mass is 1400 g/mol. The number of aliphatic hydroxyl groups is 1. The molecule has 0 aliphatic carbocycles. The number of ether oxygens (including phenoxy) is 4. The molecule has 0 heterocycles. The number of carbonyl (C=O) groups excluding carboxylic acids is 4. The highest BCUT2D eigenvalue weighted by molar-refractivity contribution is 7.47. The zero-order chi connectivity index (χ0) is 70.0. The quantitative estimate of drug-likeness (QED) is 0.0222. The number of esters is 4. The second-order valence-electron chi connectivity index (χ2n) is 28.3. The first-order chi connectivity index (χ1) is 45.9. The molecule has 0 spiro atoms. The van der Waals surface area contributed by atoms with Crippen molar-refractivity contribution < 1.29 is 80.2 Å². The Morgan fingerprint density at radius 2 is 0.484 bits per heavy atom. The fourth-order valence-corrected chi connectivity index (χ4v) is 13.2. The van der Waals surface area contributed by atoms with Crippen molar-refractivity contribution in [2.24, 2.45) is 11.8 Å². The summed E-state index contributed by atoms with van der Waals surface area (Å²) < 4.78 is 68.2. The Morgan fingerprint density at radius 3 is 0.716 bits per heavy atom. The third-order valence-electron chi connectivity index (χ3n) is 17.7. The van der Waals surface area contributed by atoms with Gasteiger partial charge in [-0.15, -0.1) is 0 Å². The minimum atomic E-state index is -4.96. The summed E-state index contributed by atoms with van der Waals surface area (Å²) in [5.41, 5.74) is 0. The molecule has 0 saturated heterocycles. The molecule has 0 aliphatic heterocycles. The molecular formula is C76H148O17P2. The first kappa shape index (κ1) is 93.1. The van der Waals surface area contributed by atoms with Crippen LogP contribution < -0.4 is 0 Å². The number of phosphoric ester groups is 2. The van der Waals surface area contributed by atoms with Gasteiger partial charge in [0.05, 0.1) is 26.4 Å². The molecule has 0 bridgehead atoms. The second kappa shape index (κ2) is 67.9. The molecule has 17 nitrogen and oxygen atoms in total. The van der Waals surface area contributed by atoms with Crippen LogP contribution in [0.2, 0.25) is 0 Å². The lowest BCUT2D eigenvalue weighted by Crippen LogP contribution is -2.30. The zero-order valence-electron chi connectivity index (χ0n) is 62.0. The maximum absolute atomic E-state index is 13.1. The van der Waals surface area contributed by atoms with Crippen LogP contribution in [0.5, 0.6) is 0 Å². The van der Waals surface area contributed by atoms with Crippen molar-refractivity contribution >= 4 is 39.5 Å². The van der Waals surface area contributed by atoms with Gasteiger partial charge in [-0.1, -0.05) is 343 Å². The highest BCUT2D eigenvalue weighted by Gasteiger charge is 2.30. The number of aliphatic hydroxyl groups excluding tert-OH is 1. The van der Waals surface area contributed by atoms with E-state index < -0.39 is 97.5 Å². The van der Waals surface area contributed by atoms with Gasteiger partial charge in [0.25, 0.3) is 0 Å². The fraction of sp³-hybridized carbons (Fsp3) is 0.947. The average Bonchev–Trinajstić information content (AvgIpc) is 2.15. The van der Waals surface area contributed by atoms with Crippen molar-refractivity contribution in [3.8, 4) is 0 Å². The maximum Gasteiger partial charge on any atom is 0.472 e. The van der Waals surface area contributed by atoms with Crippen LogP contribution in [0, 0.1) is 11.8 Å². The minimum absolute atomic E-state index is 0.103. The Bertz CT molecular complexity index is 1840. The van der Waals surface area contributed by atoms with Gasteiger partial charge < -0.3 is 33.8 Å². The van der Waals surface area contributed by atoms with E-state index in [1.54, 1.807) is 0 Å². The highest BCUT2D eigenvalue weighted by Crippen LogP contribution is 2.45. The first-order valence-electron chi connectivity index (χ1n) is 39.5. The summed E-state index contributed by atoms with van der Waals surface area (Å²) in [7, 11) is -9.90. The molecule has 0 fully saturated rings. The van der Waals surface area contributed by atoms with Crippen LogP contribution in [0.1, 0.15) is 395 Å². The van der Waals surface area contributed by atoms with Gasteiger partial charge in [0.1, 0.15) is 19.3 Å². The topological polar surface area (TPSA) is 237 Å². The van der Waals surface area contributed by atoms with Crippen LogP contribution in [-0.2, 0) is 65.4 Å². The van der Waals surface area contributed by atoms with Gasteiger partial charge in [0, 0.05) is 25.7 Å². The Labute approximate surface area is 581 Å².